The molecular formula is C27H27N5O2. The van der Waals surface area contributed by atoms with Crippen LogP contribution < -0.4 is 15.8 Å². The van der Waals surface area contributed by atoms with Crippen molar-refractivity contribution in [3.05, 3.63) is 101 Å². The van der Waals surface area contributed by atoms with Gasteiger partial charge in [-0.3, -0.25) is 14.5 Å². The number of carbonyl (C=O) groups excluding carboxylic acids is 1. The Hall–Kier alpha value is -3.97. The highest BCUT2D eigenvalue weighted by Gasteiger charge is 2.19. The van der Waals surface area contributed by atoms with Crippen molar-refractivity contribution in [2.45, 2.75) is 0 Å². The molecule has 0 radical (unpaired) electrons. The van der Waals surface area contributed by atoms with E-state index in [9.17, 15) is 9.59 Å². The third-order valence-corrected chi connectivity index (χ3v) is 6.23. The van der Waals surface area contributed by atoms with Gasteiger partial charge in [0, 0.05) is 50.3 Å². The van der Waals surface area contributed by atoms with Crippen molar-refractivity contribution < 1.29 is 4.79 Å². The van der Waals surface area contributed by atoms with E-state index in [1.807, 2.05) is 30.3 Å². The minimum absolute atomic E-state index is 0.241. The van der Waals surface area contributed by atoms with Crippen LogP contribution >= 0.6 is 0 Å². The van der Waals surface area contributed by atoms with Gasteiger partial charge in [0.25, 0.3) is 11.5 Å². The number of carbonyl (C=O) groups is 1. The molecule has 1 fully saturated rings. The number of nitrogens with zero attached hydrogens (tertiary/aromatic N) is 4. The number of fused-ring (bicyclic) bond motifs is 1. The number of aromatic nitrogens is 2. The van der Waals surface area contributed by atoms with Gasteiger partial charge in [-0.25, -0.2) is 0 Å². The molecule has 5 rings (SSSR count). The normalized spacial score (nSPS) is 14.3. The molecule has 7 nitrogen and oxygen atoms in total. The maximum absolute atomic E-state index is 13.1. The maximum atomic E-state index is 13.1. The minimum atomic E-state index is -0.274. The summed E-state index contributed by atoms with van der Waals surface area (Å²) in [6, 6.07) is 26.8. The van der Waals surface area contributed by atoms with Gasteiger partial charge in [-0.1, -0.05) is 54.6 Å². The van der Waals surface area contributed by atoms with Crippen LogP contribution in [0.3, 0.4) is 0 Å². The second-order valence-corrected chi connectivity index (χ2v) is 8.37. The summed E-state index contributed by atoms with van der Waals surface area (Å²) in [5, 5.41) is 8.50. The van der Waals surface area contributed by atoms with Gasteiger partial charge in [0.2, 0.25) is 0 Å². The van der Waals surface area contributed by atoms with E-state index < -0.39 is 0 Å². The SMILES string of the molecule is O=C(NCCN1CCN(c2ccccc2)CC1)c1nn(-c2ccccc2)c(=O)c2ccccc12. The first-order valence-corrected chi connectivity index (χ1v) is 11.6. The summed E-state index contributed by atoms with van der Waals surface area (Å²) >= 11 is 0. The van der Waals surface area contributed by atoms with Gasteiger partial charge < -0.3 is 10.2 Å². The monoisotopic (exact) mass is 453 g/mol. The highest BCUT2D eigenvalue weighted by atomic mass is 16.2. The molecule has 34 heavy (non-hydrogen) atoms. The number of benzene rings is 3. The van der Waals surface area contributed by atoms with E-state index >= 15 is 0 Å². The molecule has 2 heterocycles. The van der Waals surface area contributed by atoms with Gasteiger partial charge in [0.05, 0.1) is 11.1 Å². The molecule has 0 unspecified atom stereocenters. The fraction of sp³-hybridized carbons (Fsp3) is 0.222. The van der Waals surface area contributed by atoms with Gasteiger partial charge in [-0.15, -0.1) is 0 Å². The number of amides is 1. The average Bonchev–Trinajstić information content (AvgIpc) is 2.90. The summed E-state index contributed by atoms with van der Waals surface area (Å²) in [5.74, 6) is -0.274. The molecule has 1 amide bonds. The van der Waals surface area contributed by atoms with Gasteiger partial charge in [0.1, 0.15) is 0 Å². The molecule has 4 aromatic rings. The van der Waals surface area contributed by atoms with Gasteiger partial charge >= 0.3 is 0 Å². The Balaban J connectivity index is 1.26. The number of nitrogens with one attached hydrogen (secondary N) is 1. The molecule has 1 aliphatic heterocycles. The van der Waals surface area contributed by atoms with Crippen LogP contribution in [0.15, 0.2) is 89.7 Å². The third-order valence-electron chi connectivity index (χ3n) is 6.23. The van der Waals surface area contributed by atoms with Gasteiger partial charge in [0.15, 0.2) is 5.69 Å². The summed E-state index contributed by atoms with van der Waals surface area (Å²) in [7, 11) is 0. The topological polar surface area (TPSA) is 70.5 Å². The first-order valence-electron chi connectivity index (χ1n) is 11.6. The van der Waals surface area contributed by atoms with Crippen LogP contribution in [0.1, 0.15) is 10.5 Å². The fourth-order valence-electron chi connectivity index (χ4n) is 4.38. The zero-order valence-corrected chi connectivity index (χ0v) is 18.9. The fourth-order valence-corrected chi connectivity index (χ4v) is 4.38. The standard InChI is InChI=1S/C27H27N5O2/c33-26(28-15-16-30-17-19-31(20-18-30)21-9-3-1-4-10-21)25-23-13-7-8-14-24(23)27(34)32(29-25)22-11-5-2-6-12-22/h1-14H,15-20H2,(H,28,33). The number of piperazine rings is 1. The number of hydrogen-bond acceptors (Lipinski definition) is 5. The van der Waals surface area contributed by atoms with E-state index in [0.29, 0.717) is 23.0 Å². The van der Waals surface area contributed by atoms with E-state index in [-0.39, 0.29) is 17.2 Å². The summed E-state index contributed by atoms with van der Waals surface area (Å²) in [6.07, 6.45) is 0. The molecule has 0 aliphatic carbocycles. The zero-order chi connectivity index (χ0) is 23.3. The number of hydrogen-bond donors (Lipinski definition) is 1. The Morgan fingerprint density at radius 2 is 1.35 bits per heavy atom. The van der Waals surface area contributed by atoms with Crippen molar-refractivity contribution in [1.82, 2.24) is 20.0 Å². The molecular weight excluding hydrogens is 426 g/mol. The second-order valence-electron chi connectivity index (χ2n) is 8.37. The van der Waals surface area contributed by atoms with Crippen molar-refractivity contribution in [1.29, 1.82) is 0 Å². The zero-order valence-electron chi connectivity index (χ0n) is 18.9. The Bertz CT molecular complexity index is 1330. The smallest absolute Gasteiger partial charge is 0.279 e. The van der Waals surface area contributed by atoms with E-state index in [2.05, 4.69) is 44.5 Å². The average molecular weight is 454 g/mol. The number of anilines is 1. The lowest BCUT2D eigenvalue weighted by molar-refractivity contribution is 0.0943. The molecule has 1 saturated heterocycles. The maximum Gasteiger partial charge on any atom is 0.279 e. The van der Waals surface area contributed by atoms with E-state index in [0.717, 1.165) is 32.7 Å². The van der Waals surface area contributed by atoms with Crippen LogP contribution in [0.2, 0.25) is 0 Å². The Morgan fingerprint density at radius 3 is 2.03 bits per heavy atom. The first-order chi connectivity index (χ1) is 16.7. The summed E-state index contributed by atoms with van der Waals surface area (Å²) in [4.78, 5) is 30.9. The molecule has 7 heteroatoms. The predicted molar refractivity (Wildman–Crippen MR) is 135 cm³/mol. The number of para-hydroxylation sites is 2. The summed E-state index contributed by atoms with van der Waals surface area (Å²) in [5.41, 5.74) is 1.90. The first kappa shape index (κ1) is 21.9. The van der Waals surface area contributed by atoms with Crippen LogP contribution in [-0.2, 0) is 0 Å². The molecule has 0 bridgehead atoms. The molecule has 0 saturated carbocycles. The van der Waals surface area contributed by atoms with Crippen LogP contribution in [0, 0.1) is 0 Å². The second kappa shape index (κ2) is 9.89. The van der Waals surface area contributed by atoms with Crippen molar-refractivity contribution in [3.63, 3.8) is 0 Å². The Morgan fingerprint density at radius 1 is 0.765 bits per heavy atom. The Labute approximate surface area is 198 Å². The minimum Gasteiger partial charge on any atom is -0.369 e. The van der Waals surface area contributed by atoms with Crippen molar-refractivity contribution in [2.75, 3.05) is 44.2 Å². The molecule has 0 spiro atoms. The van der Waals surface area contributed by atoms with Crippen molar-refractivity contribution >= 4 is 22.4 Å². The molecule has 1 aliphatic rings. The van der Waals surface area contributed by atoms with Crippen LogP contribution in [0.5, 0.6) is 0 Å². The molecule has 0 atom stereocenters. The lowest BCUT2D eigenvalue weighted by atomic mass is 10.1. The lowest BCUT2D eigenvalue weighted by Gasteiger charge is -2.36. The molecule has 1 N–H and O–H groups in total. The predicted octanol–water partition coefficient (Wildman–Crippen LogP) is 2.94. The van der Waals surface area contributed by atoms with Crippen LogP contribution in [-0.4, -0.2) is 59.9 Å². The highest BCUT2D eigenvalue weighted by Crippen LogP contribution is 2.16. The quantitative estimate of drug-likeness (QED) is 0.486. The van der Waals surface area contributed by atoms with Crippen molar-refractivity contribution in [2.24, 2.45) is 0 Å². The van der Waals surface area contributed by atoms with Crippen molar-refractivity contribution in [3.8, 4) is 5.69 Å². The largest absolute Gasteiger partial charge is 0.369 e. The third kappa shape index (κ3) is 4.56. The molecule has 172 valence electrons. The highest BCUT2D eigenvalue weighted by molar-refractivity contribution is 6.04. The molecule has 3 aromatic carbocycles. The Kier molecular flexibility index (Phi) is 6.35. The van der Waals surface area contributed by atoms with E-state index in [4.69, 9.17) is 0 Å². The van der Waals surface area contributed by atoms with Gasteiger partial charge in [-0.05, 0) is 30.3 Å². The summed E-state index contributed by atoms with van der Waals surface area (Å²) in [6.45, 7) is 5.11. The summed E-state index contributed by atoms with van der Waals surface area (Å²) < 4.78 is 1.31. The molecule has 1 aromatic heterocycles. The van der Waals surface area contributed by atoms with E-state index in [1.54, 1.807) is 30.3 Å². The van der Waals surface area contributed by atoms with Crippen LogP contribution in [0.4, 0.5) is 5.69 Å². The van der Waals surface area contributed by atoms with Crippen LogP contribution in [0.25, 0.3) is 16.5 Å². The number of rotatable bonds is 6. The lowest BCUT2D eigenvalue weighted by Crippen LogP contribution is -2.48. The van der Waals surface area contributed by atoms with Gasteiger partial charge in [-0.2, -0.15) is 9.78 Å². The van der Waals surface area contributed by atoms with E-state index in [1.165, 1.54) is 10.4 Å².